The lowest BCUT2D eigenvalue weighted by Gasteiger charge is -2.33. The highest BCUT2D eigenvalue weighted by molar-refractivity contribution is 6.31. The molecule has 1 atom stereocenters. The Labute approximate surface area is 229 Å². The van der Waals surface area contributed by atoms with Crippen LogP contribution in [0.15, 0.2) is 72.8 Å². The molecule has 0 saturated heterocycles. The molecule has 3 aromatic carbocycles. The molecule has 0 radical (unpaired) electrons. The van der Waals surface area contributed by atoms with Crippen LogP contribution in [0.5, 0.6) is 11.5 Å². The summed E-state index contributed by atoms with van der Waals surface area (Å²) in [5.41, 5.74) is 1.55. The fraction of sp³-hybridized carbons (Fsp3) is 0.310. The van der Waals surface area contributed by atoms with Gasteiger partial charge >= 0.3 is 6.36 Å². The number of ether oxygens (including phenoxy) is 2. The molecular weight excluding hydrogens is 533 g/mol. The molecule has 0 bridgehead atoms. The van der Waals surface area contributed by atoms with Crippen molar-refractivity contribution in [1.82, 2.24) is 9.80 Å². The number of alkyl halides is 3. The standard InChI is InChI=1S/C29H28ClF3N2O4/c1-34-15-5-6-16-35(27(36)21-9-12-24(13-10-21)39-29(31,32)33)23(17-20-7-3-2-4-8-20)19-38-26-14-11-22(30)18-25(26)28(34)37/h2-4,7-14,18,23H,5-6,15-17,19H2,1H3/t23-/m0/s1. The predicted molar refractivity (Wildman–Crippen MR) is 141 cm³/mol. The molecule has 39 heavy (non-hydrogen) atoms. The molecule has 6 nitrogen and oxygen atoms in total. The van der Waals surface area contributed by atoms with Crippen molar-refractivity contribution in [2.24, 2.45) is 0 Å². The Balaban J connectivity index is 1.67. The molecule has 0 saturated carbocycles. The van der Waals surface area contributed by atoms with E-state index in [9.17, 15) is 22.8 Å². The van der Waals surface area contributed by atoms with Gasteiger partial charge in [0.25, 0.3) is 11.8 Å². The summed E-state index contributed by atoms with van der Waals surface area (Å²) in [5, 5.41) is 0.404. The number of carbonyl (C=O) groups excluding carboxylic acids is 2. The second-order valence-electron chi connectivity index (χ2n) is 9.30. The van der Waals surface area contributed by atoms with Gasteiger partial charge in [0, 0.05) is 30.7 Å². The molecule has 0 fully saturated rings. The molecule has 0 unspecified atom stereocenters. The average molecular weight is 561 g/mol. The maximum Gasteiger partial charge on any atom is 0.573 e. The predicted octanol–water partition coefficient (Wildman–Crippen LogP) is 6.24. The maximum absolute atomic E-state index is 13.7. The Hall–Kier alpha value is -3.72. The quantitative estimate of drug-likeness (QED) is 0.379. The zero-order valence-corrected chi connectivity index (χ0v) is 22.0. The van der Waals surface area contributed by atoms with E-state index in [1.807, 2.05) is 30.3 Å². The molecule has 10 heteroatoms. The van der Waals surface area contributed by atoms with E-state index in [1.54, 1.807) is 35.0 Å². The first-order chi connectivity index (χ1) is 18.6. The molecule has 1 heterocycles. The van der Waals surface area contributed by atoms with E-state index in [2.05, 4.69) is 4.74 Å². The van der Waals surface area contributed by atoms with Crippen LogP contribution >= 0.6 is 11.6 Å². The molecule has 2 amide bonds. The number of halogens is 4. The molecular formula is C29H28ClF3N2O4. The Morgan fingerprint density at radius 2 is 1.72 bits per heavy atom. The first kappa shape index (κ1) is 28.3. The van der Waals surface area contributed by atoms with E-state index in [0.29, 0.717) is 48.7 Å². The second kappa shape index (κ2) is 12.4. The van der Waals surface area contributed by atoms with E-state index in [4.69, 9.17) is 16.3 Å². The van der Waals surface area contributed by atoms with Crippen molar-refractivity contribution in [3.05, 3.63) is 94.5 Å². The number of benzene rings is 3. The van der Waals surface area contributed by atoms with Gasteiger partial charge in [-0.05, 0) is 67.3 Å². The molecule has 206 valence electrons. The lowest BCUT2D eigenvalue weighted by molar-refractivity contribution is -0.274. The van der Waals surface area contributed by atoms with Gasteiger partial charge in [-0.15, -0.1) is 13.2 Å². The van der Waals surface area contributed by atoms with E-state index in [-0.39, 0.29) is 24.0 Å². The van der Waals surface area contributed by atoms with Crippen LogP contribution in [0.3, 0.4) is 0 Å². The van der Waals surface area contributed by atoms with Gasteiger partial charge in [-0.2, -0.15) is 0 Å². The highest BCUT2D eigenvalue weighted by atomic mass is 35.5. The molecule has 0 aliphatic carbocycles. The van der Waals surface area contributed by atoms with Crippen LogP contribution in [0.25, 0.3) is 0 Å². The highest BCUT2D eigenvalue weighted by Crippen LogP contribution is 2.27. The third-order valence-electron chi connectivity index (χ3n) is 6.44. The Kier molecular flexibility index (Phi) is 9.01. The Morgan fingerprint density at radius 3 is 2.41 bits per heavy atom. The zero-order chi connectivity index (χ0) is 28.0. The Bertz CT molecular complexity index is 1290. The van der Waals surface area contributed by atoms with Gasteiger partial charge in [0.15, 0.2) is 0 Å². The SMILES string of the molecule is CN1CCCCN(C(=O)c2ccc(OC(F)(F)F)cc2)[C@@H](Cc2ccccc2)COc2ccc(Cl)cc2C1=O. The summed E-state index contributed by atoms with van der Waals surface area (Å²) in [6.45, 7) is 0.914. The smallest absolute Gasteiger partial charge is 0.491 e. The molecule has 1 aliphatic rings. The zero-order valence-electron chi connectivity index (χ0n) is 21.3. The number of hydrogen-bond donors (Lipinski definition) is 0. The number of rotatable bonds is 4. The molecule has 0 aromatic heterocycles. The monoisotopic (exact) mass is 560 g/mol. The van der Waals surface area contributed by atoms with Gasteiger partial charge in [0.05, 0.1) is 11.6 Å². The lowest BCUT2D eigenvalue weighted by Crippen LogP contribution is -2.46. The lowest BCUT2D eigenvalue weighted by atomic mass is 10.0. The van der Waals surface area contributed by atoms with Crippen LogP contribution in [0, 0.1) is 0 Å². The fourth-order valence-electron chi connectivity index (χ4n) is 4.48. The van der Waals surface area contributed by atoms with Crippen LogP contribution in [-0.4, -0.2) is 60.8 Å². The summed E-state index contributed by atoms with van der Waals surface area (Å²) < 4.78 is 47.9. The summed E-state index contributed by atoms with van der Waals surface area (Å²) in [7, 11) is 1.70. The number of hydrogen-bond acceptors (Lipinski definition) is 4. The van der Waals surface area contributed by atoms with E-state index in [1.165, 1.54) is 12.1 Å². The van der Waals surface area contributed by atoms with Crippen LogP contribution in [-0.2, 0) is 6.42 Å². The minimum atomic E-state index is -4.82. The number of nitrogens with zero attached hydrogens (tertiary/aromatic N) is 2. The van der Waals surface area contributed by atoms with Gasteiger partial charge in [-0.1, -0.05) is 41.9 Å². The van der Waals surface area contributed by atoms with E-state index < -0.39 is 18.2 Å². The van der Waals surface area contributed by atoms with Crippen LogP contribution < -0.4 is 9.47 Å². The third kappa shape index (κ3) is 7.66. The summed E-state index contributed by atoms with van der Waals surface area (Å²) in [5.74, 6) is -0.589. The normalized spacial score (nSPS) is 16.9. The fourth-order valence-corrected chi connectivity index (χ4v) is 4.65. The number of carbonyl (C=O) groups is 2. The topological polar surface area (TPSA) is 59.1 Å². The summed E-state index contributed by atoms with van der Waals surface area (Å²) in [4.78, 5) is 30.1. The highest BCUT2D eigenvalue weighted by Gasteiger charge is 2.32. The minimum Gasteiger partial charge on any atom is -0.491 e. The largest absolute Gasteiger partial charge is 0.573 e. The first-order valence-electron chi connectivity index (χ1n) is 12.5. The van der Waals surface area contributed by atoms with Crippen molar-refractivity contribution in [3.8, 4) is 11.5 Å². The van der Waals surface area contributed by atoms with Crippen molar-refractivity contribution in [1.29, 1.82) is 0 Å². The van der Waals surface area contributed by atoms with Crippen molar-refractivity contribution >= 4 is 23.4 Å². The third-order valence-corrected chi connectivity index (χ3v) is 6.68. The van der Waals surface area contributed by atoms with Gasteiger partial charge in [0.1, 0.15) is 18.1 Å². The van der Waals surface area contributed by atoms with Gasteiger partial charge in [0.2, 0.25) is 0 Å². The van der Waals surface area contributed by atoms with Gasteiger partial charge in [-0.25, -0.2) is 0 Å². The van der Waals surface area contributed by atoms with Crippen LogP contribution in [0.4, 0.5) is 13.2 Å². The van der Waals surface area contributed by atoms with Gasteiger partial charge < -0.3 is 19.3 Å². The number of amides is 2. The molecule has 3 aromatic rings. The summed E-state index contributed by atoms with van der Waals surface area (Å²) >= 11 is 6.18. The molecule has 0 N–H and O–H groups in total. The van der Waals surface area contributed by atoms with Crippen molar-refractivity contribution in [2.45, 2.75) is 31.7 Å². The maximum atomic E-state index is 13.7. The van der Waals surface area contributed by atoms with Crippen molar-refractivity contribution < 1.29 is 32.2 Å². The van der Waals surface area contributed by atoms with Crippen molar-refractivity contribution in [2.75, 3.05) is 26.7 Å². The van der Waals surface area contributed by atoms with Crippen molar-refractivity contribution in [3.63, 3.8) is 0 Å². The molecule has 1 aliphatic heterocycles. The molecule has 0 spiro atoms. The number of fused-ring (bicyclic) bond motifs is 1. The summed E-state index contributed by atoms with van der Waals surface area (Å²) in [6.07, 6.45) is -3.11. The molecule has 4 rings (SSSR count). The van der Waals surface area contributed by atoms with Crippen LogP contribution in [0.2, 0.25) is 5.02 Å². The second-order valence-corrected chi connectivity index (χ2v) is 9.74. The first-order valence-corrected chi connectivity index (χ1v) is 12.9. The Morgan fingerprint density at radius 1 is 1.03 bits per heavy atom. The van der Waals surface area contributed by atoms with Gasteiger partial charge in [-0.3, -0.25) is 9.59 Å². The van der Waals surface area contributed by atoms with E-state index >= 15 is 0 Å². The van der Waals surface area contributed by atoms with E-state index in [0.717, 1.165) is 17.7 Å². The summed E-state index contributed by atoms with van der Waals surface area (Å²) in [6, 6.07) is 18.9. The minimum absolute atomic E-state index is 0.0849. The average Bonchev–Trinajstić information content (AvgIpc) is 2.90. The van der Waals surface area contributed by atoms with Crippen LogP contribution in [0.1, 0.15) is 39.1 Å².